The molecule has 0 saturated heterocycles. The van der Waals surface area contributed by atoms with Gasteiger partial charge in [0.2, 0.25) is 0 Å². The average Bonchev–Trinajstić information content (AvgIpc) is 2.92. The van der Waals surface area contributed by atoms with Crippen LogP contribution >= 0.6 is 0 Å². The topological polar surface area (TPSA) is 57.0 Å². The van der Waals surface area contributed by atoms with Crippen molar-refractivity contribution < 1.29 is 9.53 Å². The molecule has 2 aromatic rings. The number of ether oxygens (including phenoxy) is 1. The molecule has 0 aliphatic heterocycles. The van der Waals surface area contributed by atoms with Crippen molar-refractivity contribution in [1.82, 2.24) is 15.0 Å². The van der Waals surface area contributed by atoms with Crippen LogP contribution in [0.1, 0.15) is 23.2 Å². The first-order valence-electron chi connectivity index (χ1n) is 5.92. The molecule has 5 heteroatoms. The van der Waals surface area contributed by atoms with Crippen LogP contribution in [-0.4, -0.2) is 27.6 Å². The van der Waals surface area contributed by atoms with E-state index in [0.717, 1.165) is 19.4 Å². The minimum Gasteiger partial charge on any atom is -0.462 e. The number of carbonyl (C=O) groups excluding carboxylic acids is 1. The molecule has 0 amide bonds. The molecule has 0 aliphatic rings. The third-order valence-corrected chi connectivity index (χ3v) is 2.50. The van der Waals surface area contributed by atoms with Gasteiger partial charge in [-0.3, -0.25) is 4.68 Å². The van der Waals surface area contributed by atoms with Gasteiger partial charge in [-0.15, -0.1) is 5.10 Å². The normalized spacial score (nSPS) is 10.2. The molecule has 0 unspecified atom stereocenters. The Kier molecular flexibility index (Phi) is 4.46. The molecule has 94 valence electrons. The van der Waals surface area contributed by atoms with Gasteiger partial charge in [0.1, 0.15) is 0 Å². The van der Waals surface area contributed by atoms with Gasteiger partial charge in [0.05, 0.1) is 18.4 Å². The number of hydrogen-bond donors (Lipinski definition) is 0. The SMILES string of the molecule is O=C(OCCCCn1ccnn1)c1ccccc1. The molecule has 0 saturated carbocycles. The Balaban J connectivity index is 1.62. The lowest BCUT2D eigenvalue weighted by Gasteiger charge is -2.04. The summed E-state index contributed by atoms with van der Waals surface area (Å²) < 4.78 is 6.93. The standard InChI is InChI=1S/C13H15N3O2/c17-13(12-6-2-1-3-7-12)18-11-5-4-9-16-10-8-14-15-16/h1-3,6-8,10H,4-5,9,11H2. The van der Waals surface area contributed by atoms with Crippen molar-refractivity contribution in [2.24, 2.45) is 0 Å². The van der Waals surface area contributed by atoms with Crippen LogP contribution in [0.4, 0.5) is 0 Å². The Morgan fingerprint density at radius 3 is 2.78 bits per heavy atom. The maximum Gasteiger partial charge on any atom is 0.338 e. The number of benzene rings is 1. The highest BCUT2D eigenvalue weighted by molar-refractivity contribution is 5.89. The molecule has 0 radical (unpaired) electrons. The van der Waals surface area contributed by atoms with Crippen molar-refractivity contribution in [2.75, 3.05) is 6.61 Å². The van der Waals surface area contributed by atoms with Crippen LogP contribution in [-0.2, 0) is 11.3 Å². The number of hydrogen-bond acceptors (Lipinski definition) is 4. The fourth-order valence-corrected chi connectivity index (χ4v) is 1.55. The second-order valence-electron chi connectivity index (χ2n) is 3.88. The minimum atomic E-state index is -0.267. The van der Waals surface area contributed by atoms with Gasteiger partial charge < -0.3 is 4.74 Å². The van der Waals surface area contributed by atoms with Crippen LogP contribution in [0.2, 0.25) is 0 Å². The summed E-state index contributed by atoms with van der Waals surface area (Å²) in [7, 11) is 0. The Morgan fingerprint density at radius 2 is 2.06 bits per heavy atom. The Morgan fingerprint density at radius 1 is 1.22 bits per heavy atom. The van der Waals surface area contributed by atoms with Gasteiger partial charge in [-0.05, 0) is 25.0 Å². The van der Waals surface area contributed by atoms with Gasteiger partial charge in [-0.25, -0.2) is 4.79 Å². The highest BCUT2D eigenvalue weighted by Gasteiger charge is 2.04. The van der Waals surface area contributed by atoms with E-state index in [-0.39, 0.29) is 5.97 Å². The fourth-order valence-electron chi connectivity index (χ4n) is 1.55. The first-order valence-corrected chi connectivity index (χ1v) is 5.92. The number of unbranched alkanes of at least 4 members (excludes halogenated alkanes) is 1. The zero-order chi connectivity index (χ0) is 12.6. The van der Waals surface area contributed by atoms with Gasteiger partial charge in [-0.1, -0.05) is 23.4 Å². The summed E-state index contributed by atoms with van der Waals surface area (Å²) in [6, 6.07) is 9.01. The quantitative estimate of drug-likeness (QED) is 0.576. The molecule has 0 bridgehead atoms. The molecule has 0 N–H and O–H groups in total. The summed E-state index contributed by atoms with van der Waals surface area (Å²) in [5, 5.41) is 7.57. The third kappa shape index (κ3) is 3.69. The van der Waals surface area contributed by atoms with E-state index in [2.05, 4.69) is 10.3 Å². The maximum atomic E-state index is 11.6. The van der Waals surface area contributed by atoms with E-state index in [1.165, 1.54) is 0 Å². The van der Waals surface area contributed by atoms with Crippen LogP contribution in [0.15, 0.2) is 42.7 Å². The van der Waals surface area contributed by atoms with Crippen molar-refractivity contribution in [3.63, 3.8) is 0 Å². The Labute approximate surface area is 105 Å². The zero-order valence-corrected chi connectivity index (χ0v) is 10.0. The van der Waals surface area contributed by atoms with E-state index >= 15 is 0 Å². The van der Waals surface area contributed by atoms with E-state index in [0.29, 0.717) is 12.2 Å². The molecule has 0 aliphatic carbocycles. The monoisotopic (exact) mass is 245 g/mol. The second kappa shape index (κ2) is 6.54. The summed E-state index contributed by atoms with van der Waals surface area (Å²) in [6.45, 7) is 1.23. The lowest BCUT2D eigenvalue weighted by Crippen LogP contribution is -2.07. The third-order valence-electron chi connectivity index (χ3n) is 2.50. The Hall–Kier alpha value is -2.17. The maximum absolute atomic E-state index is 11.6. The fraction of sp³-hybridized carbons (Fsp3) is 0.308. The molecule has 1 aromatic heterocycles. The van der Waals surface area contributed by atoms with Gasteiger partial charge >= 0.3 is 5.97 Å². The van der Waals surface area contributed by atoms with Gasteiger partial charge in [0, 0.05) is 12.7 Å². The van der Waals surface area contributed by atoms with Crippen molar-refractivity contribution >= 4 is 5.97 Å². The number of nitrogens with zero attached hydrogens (tertiary/aromatic N) is 3. The lowest BCUT2D eigenvalue weighted by molar-refractivity contribution is 0.0497. The molecular weight excluding hydrogens is 230 g/mol. The molecule has 18 heavy (non-hydrogen) atoms. The van der Waals surface area contributed by atoms with Crippen LogP contribution in [0.25, 0.3) is 0 Å². The second-order valence-corrected chi connectivity index (χ2v) is 3.88. The minimum absolute atomic E-state index is 0.267. The molecule has 1 aromatic carbocycles. The highest BCUT2D eigenvalue weighted by atomic mass is 16.5. The van der Waals surface area contributed by atoms with Crippen molar-refractivity contribution in [1.29, 1.82) is 0 Å². The molecule has 0 spiro atoms. The lowest BCUT2D eigenvalue weighted by atomic mass is 10.2. The molecular formula is C13H15N3O2. The van der Waals surface area contributed by atoms with Crippen molar-refractivity contribution in [3.8, 4) is 0 Å². The largest absolute Gasteiger partial charge is 0.462 e. The first-order chi connectivity index (χ1) is 8.86. The predicted octanol–water partition coefficient (Wildman–Crippen LogP) is 1.92. The summed E-state index contributed by atoms with van der Waals surface area (Å²) in [5.41, 5.74) is 0.591. The number of carbonyl (C=O) groups is 1. The summed E-state index contributed by atoms with van der Waals surface area (Å²) in [6.07, 6.45) is 5.19. The number of esters is 1. The van der Waals surface area contributed by atoms with Crippen LogP contribution < -0.4 is 0 Å². The molecule has 0 atom stereocenters. The molecule has 5 nitrogen and oxygen atoms in total. The Bertz CT molecular complexity index is 468. The highest BCUT2D eigenvalue weighted by Crippen LogP contribution is 2.02. The molecule has 2 rings (SSSR count). The van der Waals surface area contributed by atoms with Crippen molar-refractivity contribution in [3.05, 3.63) is 48.3 Å². The van der Waals surface area contributed by atoms with Crippen molar-refractivity contribution in [2.45, 2.75) is 19.4 Å². The van der Waals surface area contributed by atoms with Gasteiger partial charge in [0.15, 0.2) is 0 Å². The summed E-state index contributed by atoms with van der Waals surface area (Å²) >= 11 is 0. The van der Waals surface area contributed by atoms with Crippen LogP contribution in [0, 0.1) is 0 Å². The summed E-state index contributed by atoms with van der Waals surface area (Å²) in [4.78, 5) is 11.6. The number of aromatic nitrogens is 3. The average molecular weight is 245 g/mol. The number of rotatable bonds is 6. The smallest absolute Gasteiger partial charge is 0.338 e. The van der Waals surface area contributed by atoms with E-state index < -0.39 is 0 Å². The van der Waals surface area contributed by atoms with Crippen LogP contribution in [0.5, 0.6) is 0 Å². The molecule has 0 fully saturated rings. The van der Waals surface area contributed by atoms with Gasteiger partial charge in [-0.2, -0.15) is 0 Å². The van der Waals surface area contributed by atoms with E-state index in [9.17, 15) is 4.79 Å². The van der Waals surface area contributed by atoms with E-state index in [4.69, 9.17) is 4.74 Å². The first kappa shape index (κ1) is 12.3. The van der Waals surface area contributed by atoms with Gasteiger partial charge in [0.25, 0.3) is 0 Å². The van der Waals surface area contributed by atoms with E-state index in [1.54, 1.807) is 23.0 Å². The molecule has 1 heterocycles. The predicted molar refractivity (Wildman–Crippen MR) is 66.0 cm³/mol. The number of aryl methyl sites for hydroxylation is 1. The van der Waals surface area contributed by atoms with Crippen LogP contribution in [0.3, 0.4) is 0 Å². The summed E-state index contributed by atoms with van der Waals surface area (Å²) in [5.74, 6) is -0.267. The van der Waals surface area contributed by atoms with E-state index in [1.807, 2.05) is 24.4 Å². The zero-order valence-electron chi connectivity index (χ0n) is 10.0.